The fourth-order valence-corrected chi connectivity index (χ4v) is 7.43. The summed E-state index contributed by atoms with van der Waals surface area (Å²) in [5.41, 5.74) is 2.02. The Balaban J connectivity index is 0.000000454. The van der Waals surface area contributed by atoms with E-state index in [1.54, 1.807) is 5.57 Å². The van der Waals surface area contributed by atoms with Crippen LogP contribution in [0.4, 0.5) is 0 Å². The maximum absolute atomic E-state index is 4.04. The average Bonchev–Trinajstić information content (AvgIpc) is 3.52. The van der Waals surface area contributed by atoms with E-state index < -0.39 is 0 Å². The maximum atomic E-state index is 4.04. The van der Waals surface area contributed by atoms with E-state index in [9.17, 15) is 0 Å². The molecule has 208 valence electrons. The average molecular weight is 506 g/mol. The summed E-state index contributed by atoms with van der Waals surface area (Å²) in [5, 5.41) is 2.75. The fourth-order valence-electron chi connectivity index (χ4n) is 7.43. The predicted molar refractivity (Wildman–Crippen MR) is 167 cm³/mol. The molecule has 4 aliphatic carbocycles. The molecule has 0 aromatic carbocycles. The Hall–Kier alpha value is -1.60. The van der Waals surface area contributed by atoms with Crippen molar-refractivity contribution in [2.75, 3.05) is 14.1 Å². The van der Waals surface area contributed by atoms with Crippen molar-refractivity contribution in [3.05, 3.63) is 72.9 Å². The summed E-state index contributed by atoms with van der Waals surface area (Å²) in [6.07, 6.45) is 38.4. The molecule has 1 heteroatoms. The third-order valence-corrected chi connectivity index (χ3v) is 9.31. The number of hydrogen-bond acceptors (Lipinski definition) is 1. The number of allylic oxidation sites excluding steroid dienone is 11. The van der Waals surface area contributed by atoms with Crippen LogP contribution >= 0.6 is 0 Å². The van der Waals surface area contributed by atoms with Crippen molar-refractivity contribution in [3.8, 4) is 0 Å². The fraction of sp³-hybridized carbons (Fsp3) is 0.667. The first kappa shape index (κ1) is 31.6. The van der Waals surface area contributed by atoms with Gasteiger partial charge in [-0.2, -0.15) is 0 Å². The van der Waals surface area contributed by atoms with Gasteiger partial charge < -0.3 is 5.32 Å². The van der Waals surface area contributed by atoms with Gasteiger partial charge >= 0.3 is 0 Å². The molecular formula is C36H59N. The Morgan fingerprint density at radius 1 is 0.892 bits per heavy atom. The lowest BCUT2D eigenvalue weighted by molar-refractivity contribution is 0.101. The zero-order chi connectivity index (χ0) is 27.1. The van der Waals surface area contributed by atoms with Gasteiger partial charge in [0.1, 0.15) is 0 Å². The van der Waals surface area contributed by atoms with E-state index in [4.69, 9.17) is 0 Å². The minimum atomic E-state index is 0.368. The van der Waals surface area contributed by atoms with Crippen LogP contribution in [0.2, 0.25) is 0 Å². The van der Waals surface area contributed by atoms with Crippen molar-refractivity contribution in [2.24, 2.45) is 40.9 Å². The Kier molecular flexibility index (Phi) is 14.6. The van der Waals surface area contributed by atoms with Gasteiger partial charge in [-0.3, -0.25) is 0 Å². The normalized spacial score (nSPS) is 29.5. The second-order valence-corrected chi connectivity index (χ2v) is 12.3. The van der Waals surface area contributed by atoms with Gasteiger partial charge in [-0.1, -0.05) is 119 Å². The Morgan fingerprint density at radius 2 is 1.41 bits per heavy atom. The van der Waals surface area contributed by atoms with E-state index >= 15 is 0 Å². The first-order valence-electron chi connectivity index (χ1n) is 15.5. The van der Waals surface area contributed by atoms with Crippen LogP contribution in [0.3, 0.4) is 0 Å². The van der Waals surface area contributed by atoms with Crippen molar-refractivity contribution in [1.29, 1.82) is 0 Å². The van der Waals surface area contributed by atoms with Crippen LogP contribution in [-0.2, 0) is 0 Å². The van der Waals surface area contributed by atoms with E-state index in [-0.39, 0.29) is 0 Å². The van der Waals surface area contributed by atoms with Crippen LogP contribution in [0.1, 0.15) is 98.3 Å². The zero-order valence-electron chi connectivity index (χ0n) is 25.2. The summed E-state index contributed by atoms with van der Waals surface area (Å²) in [5.74, 6) is 4.49. The van der Waals surface area contributed by atoms with Gasteiger partial charge in [0, 0.05) is 0 Å². The molecule has 5 atom stereocenters. The number of rotatable bonds is 10. The van der Waals surface area contributed by atoms with E-state index in [0.717, 1.165) is 18.3 Å². The Bertz CT molecular complexity index is 755. The van der Waals surface area contributed by atoms with Crippen molar-refractivity contribution in [1.82, 2.24) is 5.32 Å². The van der Waals surface area contributed by atoms with Gasteiger partial charge in [0.05, 0.1) is 0 Å². The number of hydrogen-bond donors (Lipinski definition) is 1. The number of fused-ring (bicyclic) bond motifs is 3. The Morgan fingerprint density at radius 3 is 1.81 bits per heavy atom. The molecule has 0 aromatic heterocycles. The molecule has 4 aliphatic rings. The van der Waals surface area contributed by atoms with Crippen LogP contribution in [0.15, 0.2) is 72.9 Å². The van der Waals surface area contributed by atoms with Gasteiger partial charge in [0.25, 0.3) is 0 Å². The third kappa shape index (κ3) is 9.27. The summed E-state index contributed by atoms with van der Waals surface area (Å²) in [6.45, 7) is 13.5. The molecule has 1 N–H and O–H groups in total. The first-order chi connectivity index (χ1) is 17.9. The van der Waals surface area contributed by atoms with Gasteiger partial charge in [0.15, 0.2) is 0 Å². The smallest absolute Gasteiger partial charge is 0.00954 e. The van der Waals surface area contributed by atoms with E-state index in [2.05, 4.69) is 100 Å². The van der Waals surface area contributed by atoms with Crippen LogP contribution in [0.5, 0.6) is 0 Å². The molecule has 37 heavy (non-hydrogen) atoms. The monoisotopic (exact) mass is 505 g/mol. The van der Waals surface area contributed by atoms with Gasteiger partial charge in [-0.25, -0.2) is 0 Å². The topological polar surface area (TPSA) is 12.0 Å². The summed E-state index contributed by atoms with van der Waals surface area (Å²) < 4.78 is 0. The highest BCUT2D eigenvalue weighted by Gasteiger charge is 2.53. The summed E-state index contributed by atoms with van der Waals surface area (Å²) in [7, 11) is 3.75. The molecule has 0 saturated heterocycles. The quantitative estimate of drug-likeness (QED) is 0.291. The van der Waals surface area contributed by atoms with Crippen molar-refractivity contribution >= 4 is 0 Å². The lowest BCUT2D eigenvalue weighted by Crippen LogP contribution is -2.35. The van der Waals surface area contributed by atoms with E-state index in [0.29, 0.717) is 29.1 Å². The molecule has 0 radical (unpaired) electrons. The lowest BCUT2D eigenvalue weighted by Gasteiger charge is -2.42. The van der Waals surface area contributed by atoms with Gasteiger partial charge in [-0.15, -0.1) is 6.58 Å². The molecule has 0 bridgehead atoms. The van der Waals surface area contributed by atoms with Gasteiger partial charge in [0.2, 0.25) is 0 Å². The second kappa shape index (κ2) is 17.1. The first-order valence-corrected chi connectivity index (χ1v) is 15.5. The molecule has 4 rings (SSSR count). The van der Waals surface area contributed by atoms with Crippen LogP contribution in [0.25, 0.3) is 0 Å². The SMILES string of the molecule is C=CCCC(C)(CCC/C(=C\C)CCC)C1C2C=CC=CC2C2C=CC=CC21.CC1CCCC1.CNC. The predicted octanol–water partition coefficient (Wildman–Crippen LogP) is 10.3. The molecular weight excluding hydrogens is 446 g/mol. The molecule has 1 nitrogen and oxygen atoms in total. The van der Waals surface area contributed by atoms with Crippen molar-refractivity contribution < 1.29 is 0 Å². The van der Waals surface area contributed by atoms with Crippen molar-refractivity contribution in [2.45, 2.75) is 98.3 Å². The van der Waals surface area contributed by atoms with Crippen LogP contribution < -0.4 is 5.32 Å². The van der Waals surface area contributed by atoms with E-state index in [1.807, 2.05) is 14.1 Å². The maximum Gasteiger partial charge on any atom is -0.00954 e. The van der Waals surface area contributed by atoms with Crippen LogP contribution in [0, 0.1) is 40.9 Å². The molecule has 0 spiro atoms. The van der Waals surface area contributed by atoms with E-state index in [1.165, 1.54) is 64.2 Å². The molecule has 2 fully saturated rings. The lowest BCUT2D eigenvalue weighted by atomic mass is 9.62. The van der Waals surface area contributed by atoms with Crippen molar-refractivity contribution in [3.63, 3.8) is 0 Å². The highest BCUT2D eigenvalue weighted by atomic mass is 14.7. The van der Waals surface area contributed by atoms with Gasteiger partial charge in [-0.05, 0) is 100 Å². The standard InChI is InChI=1S/C28H40.C6H12.C2H7N/c1-5-8-20-28(4,21-13-15-22(7-3)14-6-2)27-25-18-11-9-16-23(25)24-17-10-12-19-26(24)27;1-6-4-2-3-5-6;1-3-2/h5,7,9-12,16-19,23-27H,1,6,8,13-15,20-21H2,2-4H3;6H,2-5H2,1H3;3H,1-2H3/b22-7-;;. The number of nitrogens with one attached hydrogen (secondary N) is 1. The minimum absolute atomic E-state index is 0.368. The third-order valence-electron chi connectivity index (χ3n) is 9.31. The summed E-state index contributed by atoms with van der Waals surface area (Å²) >= 11 is 0. The molecule has 5 unspecified atom stereocenters. The zero-order valence-corrected chi connectivity index (χ0v) is 25.2. The molecule has 0 aliphatic heterocycles. The molecule has 0 heterocycles. The highest BCUT2D eigenvalue weighted by molar-refractivity contribution is 5.29. The molecule has 2 saturated carbocycles. The summed E-state index contributed by atoms with van der Waals surface area (Å²) in [4.78, 5) is 0. The highest BCUT2D eigenvalue weighted by Crippen LogP contribution is 2.59. The summed E-state index contributed by atoms with van der Waals surface area (Å²) in [6, 6.07) is 0. The molecule has 0 aromatic rings. The largest absolute Gasteiger partial charge is 0.323 e. The minimum Gasteiger partial charge on any atom is -0.323 e. The van der Waals surface area contributed by atoms with Crippen LogP contribution in [-0.4, -0.2) is 14.1 Å². The second-order valence-electron chi connectivity index (χ2n) is 12.3. The Labute approximate surface area is 231 Å². The molecule has 0 amide bonds.